The number of benzene rings is 1. The van der Waals surface area contributed by atoms with Crippen LogP contribution in [0.4, 0.5) is 5.69 Å². The Hall–Kier alpha value is -2.32. The van der Waals surface area contributed by atoms with Gasteiger partial charge in [0.25, 0.3) is 5.91 Å². The van der Waals surface area contributed by atoms with Crippen molar-refractivity contribution in [3.8, 4) is 6.07 Å². The number of aliphatic hydroxyl groups excluding tert-OH is 1. The van der Waals surface area contributed by atoms with Gasteiger partial charge in [-0.1, -0.05) is 17.7 Å². The number of hydrogen-bond acceptors (Lipinski definition) is 4. The molecule has 118 valence electrons. The summed E-state index contributed by atoms with van der Waals surface area (Å²) >= 11 is 0. The molecule has 1 amide bonds. The van der Waals surface area contributed by atoms with Crippen molar-refractivity contribution >= 4 is 11.6 Å². The molecule has 1 aromatic carbocycles. The van der Waals surface area contributed by atoms with Gasteiger partial charge in [0.05, 0.1) is 0 Å². The molecule has 5 nitrogen and oxygen atoms in total. The maximum Gasteiger partial charge on any atom is 0.267 e. The van der Waals surface area contributed by atoms with Crippen LogP contribution in [0.25, 0.3) is 0 Å². The predicted octanol–water partition coefficient (Wildman–Crippen LogP) is 2.40. The molecule has 0 saturated carbocycles. The molecule has 5 heteroatoms. The third-order valence-electron chi connectivity index (χ3n) is 3.22. The van der Waals surface area contributed by atoms with Crippen molar-refractivity contribution < 1.29 is 9.90 Å². The van der Waals surface area contributed by atoms with Crippen LogP contribution in [-0.4, -0.2) is 24.2 Å². The SMILES string of the molecule is Cc1ccc(NC(=O)/C(C#N)=C\NCCCCCO)c(C)c1. The van der Waals surface area contributed by atoms with Crippen LogP contribution in [0.1, 0.15) is 30.4 Å². The summed E-state index contributed by atoms with van der Waals surface area (Å²) in [6.45, 7) is 4.76. The topological polar surface area (TPSA) is 85.2 Å². The standard InChI is InChI=1S/C17H23N3O2/c1-13-6-7-16(14(2)10-13)20-17(22)15(11-18)12-19-8-4-3-5-9-21/h6-7,10,12,19,21H,3-5,8-9H2,1-2H3,(H,20,22)/b15-12-. The molecular formula is C17H23N3O2. The van der Waals surface area contributed by atoms with Gasteiger partial charge in [0.15, 0.2) is 0 Å². The molecule has 0 aromatic heterocycles. The highest BCUT2D eigenvalue weighted by atomic mass is 16.2. The first-order chi connectivity index (χ1) is 10.6. The molecule has 1 aromatic rings. The van der Waals surface area contributed by atoms with E-state index in [2.05, 4.69) is 10.6 Å². The lowest BCUT2D eigenvalue weighted by Gasteiger charge is -2.08. The number of amides is 1. The molecular weight excluding hydrogens is 278 g/mol. The van der Waals surface area contributed by atoms with Crippen molar-refractivity contribution in [3.63, 3.8) is 0 Å². The van der Waals surface area contributed by atoms with E-state index in [1.54, 1.807) is 0 Å². The normalized spacial score (nSPS) is 10.9. The zero-order valence-corrected chi connectivity index (χ0v) is 13.1. The Labute approximate surface area is 131 Å². The predicted molar refractivity (Wildman–Crippen MR) is 87.2 cm³/mol. The molecule has 0 spiro atoms. The highest BCUT2D eigenvalue weighted by Gasteiger charge is 2.10. The quantitative estimate of drug-likeness (QED) is 0.391. The first kappa shape index (κ1) is 17.7. The average molecular weight is 301 g/mol. The van der Waals surface area contributed by atoms with Crippen LogP contribution in [0.5, 0.6) is 0 Å². The summed E-state index contributed by atoms with van der Waals surface area (Å²) < 4.78 is 0. The molecule has 0 atom stereocenters. The van der Waals surface area contributed by atoms with E-state index < -0.39 is 5.91 Å². The van der Waals surface area contributed by atoms with Crippen LogP contribution in [-0.2, 0) is 4.79 Å². The van der Waals surface area contributed by atoms with Crippen LogP contribution in [0, 0.1) is 25.2 Å². The summed E-state index contributed by atoms with van der Waals surface area (Å²) in [6.07, 6.45) is 4.00. The third-order valence-corrected chi connectivity index (χ3v) is 3.22. The lowest BCUT2D eigenvalue weighted by atomic mass is 10.1. The highest BCUT2D eigenvalue weighted by Crippen LogP contribution is 2.16. The minimum absolute atomic E-state index is 0.0436. The van der Waals surface area contributed by atoms with Gasteiger partial charge in [-0.2, -0.15) is 5.26 Å². The lowest BCUT2D eigenvalue weighted by Crippen LogP contribution is -2.17. The number of carbonyl (C=O) groups is 1. The molecule has 1 rings (SSSR count). The zero-order valence-electron chi connectivity index (χ0n) is 13.1. The number of rotatable bonds is 8. The minimum atomic E-state index is -0.419. The number of aryl methyl sites for hydroxylation is 2. The molecule has 0 radical (unpaired) electrons. The molecule has 0 bridgehead atoms. The van der Waals surface area contributed by atoms with Crippen molar-refractivity contribution in [2.75, 3.05) is 18.5 Å². The Bertz CT molecular complexity index is 574. The van der Waals surface area contributed by atoms with Gasteiger partial charge < -0.3 is 15.7 Å². The van der Waals surface area contributed by atoms with E-state index in [1.807, 2.05) is 38.1 Å². The first-order valence-electron chi connectivity index (χ1n) is 7.41. The maximum atomic E-state index is 12.1. The van der Waals surface area contributed by atoms with E-state index in [4.69, 9.17) is 10.4 Å². The van der Waals surface area contributed by atoms with E-state index in [-0.39, 0.29) is 12.2 Å². The van der Waals surface area contributed by atoms with Gasteiger partial charge >= 0.3 is 0 Å². The second kappa shape index (κ2) is 9.59. The van der Waals surface area contributed by atoms with Crippen LogP contribution >= 0.6 is 0 Å². The summed E-state index contributed by atoms with van der Waals surface area (Å²) in [5, 5.41) is 23.5. The number of carbonyl (C=O) groups excluding carboxylic acids is 1. The molecule has 22 heavy (non-hydrogen) atoms. The van der Waals surface area contributed by atoms with E-state index in [0.29, 0.717) is 12.2 Å². The van der Waals surface area contributed by atoms with E-state index in [0.717, 1.165) is 30.4 Å². The molecule has 0 unspecified atom stereocenters. The molecule has 0 aliphatic rings. The Kier molecular flexibility index (Phi) is 7.73. The third kappa shape index (κ3) is 5.98. The summed E-state index contributed by atoms with van der Waals surface area (Å²) in [7, 11) is 0. The monoisotopic (exact) mass is 301 g/mol. The van der Waals surface area contributed by atoms with Crippen LogP contribution in [0.15, 0.2) is 30.0 Å². The molecule has 0 aliphatic carbocycles. The number of aliphatic hydroxyl groups is 1. The fourth-order valence-electron chi connectivity index (χ4n) is 1.98. The van der Waals surface area contributed by atoms with Crippen molar-refractivity contribution in [3.05, 3.63) is 41.1 Å². The van der Waals surface area contributed by atoms with Gasteiger partial charge in [0.2, 0.25) is 0 Å². The minimum Gasteiger partial charge on any atom is -0.396 e. The Morgan fingerprint density at radius 3 is 2.73 bits per heavy atom. The second-order valence-electron chi connectivity index (χ2n) is 5.18. The number of nitriles is 1. The molecule has 3 N–H and O–H groups in total. The summed E-state index contributed by atoms with van der Waals surface area (Å²) in [5.74, 6) is -0.419. The number of hydrogen-bond donors (Lipinski definition) is 3. The van der Waals surface area contributed by atoms with Crippen molar-refractivity contribution in [1.82, 2.24) is 5.32 Å². The number of anilines is 1. The average Bonchev–Trinajstić information content (AvgIpc) is 2.49. The van der Waals surface area contributed by atoms with Gasteiger partial charge in [-0.25, -0.2) is 0 Å². The smallest absolute Gasteiger partial charge is 0.267 e. The Morgan fingerprint density at radius 1 is 1.32 bits per heavy atom. The number of unbranched alkanes of at least 4 members (excludes halogenated alkanes) is 2. The fraction of sp³-hybridized carbons (Fsp3) is 0.412. The van der Waals surface area contributed by atoms with Crippen molar-refractivity contribution in [2.24, 2.45) is 0 Å². The van der Waals surface area contributed by atoms with Gasteiger partial charge in [-0.3, -0.25) is 4.79 Å². The van der Waals surface area contributed by atoms with Crippen LogP contribution < -0.4 is 10.6 Å². The van der Waals surface area contributed by atoms with E-state index in [9.17, 15) is 4.79 Å². The largest absolute Gasteiger partial charge is 0.396 e. The molecule has 0 aliphatic heterocycles. The molecule has 0 saturated heterocycles. The molecule has 0 heterocycles. The fourth-order valence-corrected chi connectivity index (χ4v) is 1.98. The van der Waals surface area contributed by atoms with E-state index >= 15 is 0 Å². The number of nitrogens with zero attached hydrogens (tertiary/aromatic N) is 1. The van der Waals surface area contributed by atoms with Gasteiger partial charge in [0.1, 0.15) is 11.6 Å². The molecule has 0 fully saturated rings. The van der Waals surface area contributed by atoms with Gasteiger partial charge in [0, 0.05) is 25.0 Å². The Balaban J connectivity index is 2.55. The maximum absolute atomic E-state index is 12.1. The summed E-state index contributed by atoms with van der Waals surface area (Å²) in [4.78, 5) is 12.1. The van der Waals surface area contributed by atoms with E-state index in [1.165, 1.54) is 6.20 Å². The van der Waals surface area contributed by atoms with Crippen LogP contribution in [0.2, 0.25) is 0 Å². The lowest BCUT2D eigenvalue weighted by molar-refractivity contribution is -0.112. The van der Waals surface area contributed by atoms with Crippen molar-refractivity contribution in [2.45, 2.75) is 33.1 Å². The number of nitrogens with one attached hydrogen (secondary N) is 2. The second-order valence-corrected chi connectivity index (χ2v) is 5.18. The Morgan fingerprint density at radius 2 is 2.09 bits per heavy atom. The van der Waals surface area contributed by atoms with Crippen LogP contribution in [0.3, 0.4) is 0 Å². The highest BCUT2D eigenvalue weighted by molar-refractivity contribution is 6.06. The summed E-state index contributed by atoms with van der Waals surface area (Å²) in [5.41, 5.74) is 2.83. The van der Waals surface area contributed by atoms with Gasteiger partial charge in [-0.15, -0.1) is 0 Å². The first-order valence-corrected chi connectivity index (χ1v) is 7.41. The van der Waals surface area contributed by atoms with Gasteiger partial charge in [-0.05, 0) is 44.7 Å². The zero-order chi connectivity index (χ0) is 16.4. The summed E-state index contributed by atoms with van der Waals surface area (Å²) in [6, 6.07) is 7.63. The van der Waals surface area contributed by atoms with Crippen molar-refractivity contribution in [1.29, 1.82) is 5.26 Å².